The van der Waals surface area contributed by atoms with E-state index in [9.17, 15) is 4.79 Å². The Morgan fingerprint density at radius 2 is 1.79 bits per heavy atom. The van der Waals surface area contributed by atoms with Crippen molar-refractivity contribution in [2.45, 2.75) is 38.9 Å². The molecule has 0 saturated carbocycles. The van der Waals surface area contributed by atoms with Gasteiger partial charge in [0.1, 0.15) is 5.69 Å². The molecule has 7 heteroatoms. The Kier molecular flexibility index (Phi) is 6.18. The highest BCUT2D eigenvalue weighted by Crippen LogP contribution is 2.23. The quantitative estimate of drug-likeness (QED) is 0.778. The number of carbonyl (C=O) groups excluding carboxylic acids is 1. The molecule has 4 rings (SSSR count). The summed E-state index contributed by atoms with van der Waals surface area (Å²) in [4.78, 5) is 20.7. The standard InChI is InChI=1S/C22H30N4O2S/c1-16-13-24(14-17(2)28-16)15-18-8-10-25(11-9-18)21(27)20-12-23-22(29)26(20)19-6-4-3-5-7-19/h3-7,12,16-18H,8-11,13-15H2,1-2H3,(H,23,29). The van der Waals surface area contributed by atoms with Gasteiger partial charge in [-0.3, -0.25) is 14.3 Å². The van der Waals surface area contributed by atoms with E-state index >= 15 is 0 Å². The van der Waals surface area contributed by atoms with Crippen molar-refractivity contribution < 1.29 is 9.53 Å². The van der Waals surface area contributed by atoms with Crippen LogP contribution in [0.15, 0.2) is 36.5 Å². The van der Waals surface area contributed by atoms with Crippen LogP contribution in [-0.4, -0.2) is 70.2 Å². The third kappa shape index (κ3) is 4.63. The van der Waals surface area contributed by atoms with E-state index < -0.39 is 0 Å². The molecule has 0 radical (unpaired) electrons. The molecule has 156 valence electrons. The third-order valence-electron chi connectivity index (χ3n) is 5.92. The number of nitrogens with zero attached hydrogens (tertiary/aromatic N) is 3. The van der Waals surface area contributed by atoms with E-state index in [1.807, 2.05) is 39.8 Å². The van der Waals surface area contributed by atoms with Crippen LogP contribution in [-0.2, 0) is 4.74 Å². The van der Waals surface area contributed by atoms with Gasteiger partial charge in [-0.15, -0.1) is 0 Å². The fourth-order valence-electron chi connectivity index (χ4n) is 4.64. The Balaban J connectivity index is 1.38. The van der Waals surface area contributed by atoms with Gasteiger partial charge < -0.3 is 14.6 Å². The molecule has 2 aliphatic rings. The number of nitrogens with one attached hydrogen (secondary N) is 1. The van der Waals surface area contributed by atoms with E-state index in [0.29, 0.717) is 28.6 Å². The molecule has 2 unspecified atom stereocenters. The fraction of sp³-hybridized carbons (Fsp3) is 0.545. The van der Waals surface area contributed by atoms with Gasteiger partial charge in [-0.2, -0.15) is 0 Å². The first-order valence-corrected chi connectivity index (χ1v) is 10.9. The average molecular weight is 415 g/mol. The smallest absolute Gasteiger partial charge is 0.272 e. The molecule has 3 heterocycles. The highest BCUT2D eigenvalue weighted by molar-refractivity contribution is 7.71. The van der Waals surface area contributed by atoms with E-state index in [-0.39, 0.29) is 5.91 Å². The number of hydrogen-bond acceptors (Lipinski definition) is 4. The predicted octanol–water partition coefficient (Wildman–Crippen LogP) is 3.50. The second-order valence-corrected chi connectivity index (χ2v) is 8.75. The number of ether oxygens (including phenoxy) is 1. The van der Waals surface area contributed by atoms with Crippen LogP contribution in [0.5, 0.6) is 0 Å². The van der Waals surface area contributed by atoms with E-state index in [2.05, 4.69) is 23.7 Å². The third-order valence-corrected chi connectivity index (χ3v) is 6.22. The van der Waals surface area contributed by atoms with Gasteiger partial charge in [0, 0.05) is 44.6 Å². The first kappa shape index (κ1) is 20.3. The molecule has 1 amide bonds. The molecule has 0 aliphatic carbocycles. The van der Waals surface area contributed by atoms with Crippen molar-refractivity contribution in [1.82, 2.24) is 19.4 Å². The molecule has 1 N–H and O–H groups in total. The second-order valence-electron chi connectivity index (χ2n) is 8.36. The summed E-state index contributed by atoms with van der Waals surface area (Å²) >= 11 is 5.43. The number of imidazole rings is 1. The molecule has 6 nitrogen and oxygen atoms in total. The second kappa shape index (κ2) is 8.81. The largest absolute Gasteiger partial charge is 0.373 e. The number of benzene rings is 1. The number of H-pyrrole nitrogens is 1. The van der Waals surface area contributed by atoms with Crippen molar-refractivity contribution in [3.63, 3.8) is 0 Å². The molecule has 0 bridgehead atoms. The Morgan fingerprint density at radius 1 is 1.14 bits per heavy atom. The number of hydrogen-bond donors (Lipinski definition) is 1. The van der Waals surface area contributed by atoms with Gasteiger partial charge in [0.2, 0.25) is 0 Å². The zero-order valence-electron chi connectivity index (χ0n) is 17.2. The minimum atomic E-state index is 0.0493. The van der Waals surface area contributed by atoms with Crippen molar-refractivity contribution in [1.29, 1.82) is 0 Å². The predicted molar refractivity (Wildman–Crippen MR) is 116 cm³/mol. The summed E-state index contributed by atoms with van der Waals surface area (Å²) in [6.07, 6.45) is 4.43. The first-order chi connectivity index (χ1) is 14.0. The van der Waals surface area contributed by atoms with E-state index in [1.54, 1.807) is 6.20 Å². The molecular formula is C22H30N4O2S. The highest BCUT2D eigenvalue weighted by atomic mass is 32.1. The van der Waals surface area contributed by atoms with Crippen LogP contribution in [0.4, 0.5) is 0 Å². The molecule has 2 fully saturated rings. The molecule has 2 atom stereocenters. The van der Waals surface area contributed by atoms with Crippen molar-refractivity contribution in [3.8, 4) is 5.69 Å². The topological polar surface area (TPSA) is 53.5 Å². The molecule has 2 saturated heterocycles. The van der Waals surface area contributed by atoms with Crippen LogP contribution in [0.25, 0.3) is 5.69 Å². The van der Waals surface area contributed by atoms with E-state index in [1.165, 1.54) is 0 Å². The van der Waals surface area contributed by atoms with Gasteiger partial charge in [-0.1, -0.05) is 18.2 Å². The molecule has 1 aromatic heterocycles. The van der Waals surface area contributed by atoms with Gasteiger partial charge in [-0.25, -0.2) is 0 Å². The lowest BCUT2D eigenvalue weighted by Gasteiger charge is -2.39. The summed E-state index contributed by atoms with van der Waals surface area (Å²) in [6.45, 7) is 9.01. The van der Waals surface area contributed by atoms with Crippen molar-refractivity contribution in [2.24, 2.45) is 5.92 Å². The number of amides is 1. The Morgan fingerprint density at radius 3 is 2.45 bits per heavy atom. The number of rotatable bonds is 4. The van der Waals surface area contributed by atoms with Crippen LogP contribution in [0, 0.1) is 10.7 Å². The van der Waals surface area contributed by atoms with Gasteiger partial charge >= 0.3 is 0 Å². The summed E-state index contributed by atoms with van der Waals surface area (Å²) in [5.41, 5.74) is 1.52. The van der Waals surface area contributed by atoms with Gasteiger partial charge in [-0.05, 0) is 57.0 Å². The molecule has 2 aromatic rings. The maximum atomic E-state index is 13.2. The number of carbonyl (C=O) groups is 1. The molecular weight excluding hydrogens is 384 g/mol. The molecule has 0 spiro atoms. The van der Waals surface area contributed by atoms with Crippen molar-refractivity contribution >= 4 is 18.1 Å². The van der Waals surface area contributed by atoms with Gasteiger partial charge in [0.05, 0.1) is 12.2 Å². The lowest BCUT2D eigenvalue weighted by molar-refractivity contribution is -0.0728. The van der Waals surface area contributed by atoms with Crippen LogP contribution in [0.2, 0.25) is 0 Å². The zero-order valence-corrected chi connectivity index (χ0v) is 18.0. The fourth-order valence-corrected chi connectivity index (χ4v) is 4.90. The van der Waals surface area contributed by atoms with Crippen molar-refractivity contribution in [3.05, 3.63) is 47.0 Å². The highest BCUT2D eigenvalue weighted by Gasteiger charge is 2.29. The van der Waals surface area contributed by atoms with Crippen LogP contribution in [0.1, 0.15) is 37.2 Å². The number of aromatic amines is 1. The number of piperidine rings is 1. The van der Waals surface area contributed by atoms with Gasteiger partial charge in [0.25, 0.3) is 5.91 Å². The maximum Gasteiger partial charge on any atom is 0.272 e. The average Bonchev–Trinajstić information content (AvgIpc) is 3.09. The normalized spacial score (nSPS) is 24.0. The van der Waals surface area contributed by atoms with E-state index in [4.69, 9.17) is 17.0 Å². The molecule has 29 heavy (non-hydrogen) atoms. The van der Waals surface area contributed by atoms with Crippen LogP contribution < -0.4 is 0 Å². The minimum Gasteiger partial charge on any atom is -0.373 e. The Hall–Kier alpha value is -1.96. The monoisotopic (exact) mass is 414 g/mol. The summed E-state index contributed by atoms with van der Waals surface area (Å²) in [5.74, 6) is 0.687. The Bertz CT molecular complexity index is 876. The number of morpholine rings is 1. The lowest BCUT2D eigenvalue weighted by atomic mass is 9.95. The van der Waals surface area contributed by atoms with Crippen molar-refractivity contribution in [2.75, 3.05) is 32.7 Å². The Labute approximate surface area is 177 Å². The number of para-hydroxylation sites is 1. The number of aromatic nitrogens is 2. The first-order valence-electron chi connectivity index (χ1n) is 10.5. The SMILES string of the molecule is CC1CN(CC2CCN(C(=O)c3c[nH]c(=S)n3-c3ccccc3)CC2)CC(C)O1. The summed E-state index contributed by atoms with van der Waals surface area (Å²) in [7, 11) is 0. The summed E-state index contributed by atoms with van der Waals surface area (Å²) in [5, 5.41) is 0. The van der Waals surface area contributed by atoms with Crippen LogP contribution in [0.3, 0.4) is 0 Å². The lowest BCUT2D eigenvalue weighted by Crippen LogP contribution is -2.48. The maximum absolute atomic E-state index is 13.2. The number of likely N-dealkylation sites (tertiary alicyclic amines) is 1. The summed E-state index contributed by atoms with van der Waals surface area (Å²) < 4.78 is 8.22. The van der Waals surface area contributed by atoms with Crippen LogP contribution >= 0.6 is 12.2 Å². The van der Waals surface area contributed by atoms with Gasteiger partial charge in [0.15, 0.2) is 4.77 Å². The zero-order chi connectivity index (χ0) is 20.4. The molecule has 2 aliphatic heterocycles. The summed E-state index contributed by atoms with van der Waals surface area (Å²) in [6, 6.07) is 9.81. The minimum absolute atomic E-state index is 0.0493. The molecule has 1 aromatic carbocycles. The van der Waals surface area contributed by atoms with E-state index in [0.717, 1.165) is 51.3 Å².